The monoisotopic (exact) mass is 305 g/mol. The van der Waals surface area contributed by atoms with E-state index in [1.54, 1.807) is 25.2 Å². The van der Waals surface area contributed by atoms with Crippen molar-refractivity contribution in [3.63, 3.8) is 0 Å². The molecule has 2 aromatic rings. The van der Waals surface area contributed by atoms with Gasteiger partial charge in [-0.2, -0.15) is 0 Å². The molecule has 21 heavy (non-hydrogen) atoms. The Balaban J connectivity index is 1.93. The van der Waals surface area contributed by atoms with Gasteiger partial charge in [-0.25, -0.2) is 18.1 Å². The molecule has 1 aliphatic carbocycles. The molecule has 5 nitrogen and oxygen atoms in total. The van der Waals surface area contributed by atoms with Crippen LogP contribution in [0.5, 0.6) is 0 Å². The van der Waals surface area contributed by atoms with Crippen LogP contribution in [0.15, 0.2) is 35.2 Å². The van der Waals surface area contributed by atoms with Crippen LogP contribution in [0.4, 0.5) is 5.82 Å². The number of nitrogens with one attached hydrogen (secondary N) is 2. The molecule has 0 radical (unpaired) electrons. The lowest BCUT2D eigenvalue weighted by Crippen LogP contribution is -2.28. The minimum atomic E-state index is -3.47. The van der Waals surface area contributed by atoms with Gasteiger partial charge in [0.25, 0.3) is 0 Å². The summed E-state index contributed by atoms with van der Waals surface area (Å²) in [6.45, 7) is 4.12. The third-order valence-electron chi connectivity index (χ3n) is 4.04. The summed E-state index contributed by atoms with van der Waals surface area (Å²) in [4.78, 5) is 4.68. The Morgan fingerprint density at radius 2 is 1.95 bits per heavy atom. The van der Waals surface area contributed by atoms with E-state index in [1.165, 1.54) is 0 Å². The molecule has 3 rings (SSSR count). The van der Waals surface area contributed by atoms with Crippen LogP contribution in [0.25, 0.3) is 10.9 Å². The molecule has 0 bridgehead atoms. The van der Waals surface area contributed by atoms with E-state index in [2.05, 4.69) is 28.9 Å². The van der Waals surface area contributed by atoms with Crippen LogP contribution >= 0.6 is 0 Å². The van der Waals surface area contributed by atoms with Gasteiger partial charge in [0.1, 0.15) is 5.82 Å². The van der Waals surface area contributed by atoms with Gasteiger partial charge in [0, 0.05) is 18.5 Å². The maximum Gasteiger partial charge on any atom is 0.240 e. The Kier molecular flexibility index (Phi) is 3.18. The number of nitrogens with zero attached hydrogens (tertiary/aromatic N) is 1. The number of hydrogen-bond acceptors (Lipinski definition) is 4. The summed E-state index contributed by atoms with van der Waals surface area (Å²) in [5.74, 6) is 0.760. The van der Waals surface area contributed by atoms with Crippen molar-refractivity contribution < 1.29 is 8.42 Å². The van der Waals surface area contributed by atoms with Gasteiger partial charge in [-0.15, -0.1) is 0 Å². The maximum atomic E-state index is 12.4. The first kappa shape index (κ1) is 14.3. The van der Waals surface area contributed by atoms with Crippen LogP contribution in [0.3, 0.4) is 0 Å². The number of hydrogen-bond donors (Lipinski definition) is 2. The molecule has 1 aromatic heterocycles. The molecule has 6 heteroatoms. The number of fused-ring (bicyclic) bond motifs is 1. The van der Waals surface area contributed by atoms with Gasteiger partial charge in [0.15, 0.2) is 0 Å². The summed E-state index contributed by atoms with van der Waals surface area (Å²) in [6.07, 6.45) is 0.882. The van der Waals surface area contributed by atoms with Gasteiger partial charge in [-0.05, 0) is 42.2 Å². The van der Waals surface area contributed by atoms with Crippen molar-refractivity contribution >= 4 is 26.7 Å². The summed E-state index contributed by atoms with van der Waals surface area (Å²) in [7, 11) is -1.67. The zero-order chi connectivity index (χ0) is 15.3. The van der Waals surface area contributed by atoms with E-state index in [-0.39, 0.29) is 16.4 Å². The van der Waals surface area contributed by atoms with Crippen LogP contribution in [0, 0.1) is 5.41 Å². The summed E-state index contributed by atoms with van der Waals surface area (Å²) >= 11 is 0. The maximum absolute atomic E-state index is 12.4. The molecule has 1 fully saturated rings. The standard InChI is InChI=1S/C15H19N3O2S/c1-15(2)9-13(15)18-21(19,20)11-5-6-12-10(8-11)4-7-14(16-3)17-12/h4-8,13,18H,9H2,1-3H3,(H,16,17). The summed E-state index contributed by atoms with van der Waals surface area (Å²) < 4.78 is 27.6. The van der Waals surface area contributed by atoms with E-state index < -0.39 is 10.0 Å². The van der Waals surface area contributed by atoms with Crippen molar-refractivity contribution in [1.29, 1.82) is 0 Å². The van der Waals surface area contributed by atoms with E-state index in [0.717, 1.165) is 23.1 Å². The molecule has 0 spiro atoms. The number of sulfonamides is 1. The lowest BCUT2D eigenvalue weighted by molar-refractivity contribution is 0.555. The number of benzene rings is 1. The van der Waals surface area contributed by atoms with Crippen LogP contribution < -0.4 is 10.0 Å². The van der Waals surface area contributed by atoms with Crippen LogP contribution in [-0.2, 0) is 10.0 Å². The zero-order valence-corrected chi connectivity index (χ0v) is 13.2. The minimum Gasteiger partial charge on any atom is -0.373 e. The SMILES string of the molecule is CNc1ccc2cc(S(=O)(=O)NC3CC3(C)C)ccc2n1. The Morgan fingerprint density at radius 3 is 2.57 bits per heavy atom. The summed E-state index contributed by atoms with van der Waals surface area (Å²) in [5, 5.41) is 3.78. The Hall–Kier alpha value is -1.66. The molecule has 1 atom stereocenters. The molecular weight excluding hydrogens is 286 g/mol. The van der Waals surface area contributed by atoms with Crippen molar-refractivity contribution in [3.8, 4) is 0 Å². The number of rotatable bonds is 4. The molecule has 1 unspecified atom stereocenters. The highest BCUT2D eigenvalue weighted by Crippen LogP contribution is 2.45. The fourth-order valence-corrected chi connectivity index (χ4v) is 3.78. The van der Waals surface area contributed by atoms with E-state index >= 15 is 0 Å². The van der Waals surface area contributed by atoms with Gasteiger partial charge < -0.3 is 5.32 Å². The first-order valence-corrected chi connectivity index (χ1v) is 8.41. The predicted octanol–water partition coefficient (Wildman–Crippen LogP) is 2.35. The van der Waals surface area contributed by atoms with Crippen LogP contribution in [0.1, 0.15) is 20.3 Å². The molecule has 1 saturated carbocycles. The molecule has 112 valence electrons. The van der Waals surface area contributed by atoms with Crippen molar-refractivity contribution in [3.05, 3.63) is 30.3 Å². The van der Waals surface area contributed by atoms with E-state index in [1.807, 2.05) is 12.1 Å². The third-order valence-corrected chi connectivity index (χ3v) is 5.51. The molecule has 1 heterocycles. The minimum absolute atomic E-state index is 0.0305. The topological polar surface area (TPSA) is 71.1 Å². The molecule has 0 saturated heterocycles. The number of pyridine rings is 1. The second kappa shape index (κ2) is 4.68. The average Bonchev–Trinajstić information content (AvgIpc) is 3.03. The highest BCUT2D eigenvalue weighted by atomic mass is 32.2. The summed E-state index contributed by atoms with van der Waals surface area (Å²) in [5.41, 5.74) is 0.834. The number of anilines is 1. The smallest absolute Gasteiger partial charge is 0.240 e. The predicted molar refractivity (Wildman–Crippen MR) is 83.8 cm³/mol. The first-order valence-electron chi connectivity index (χ1n) is 6.93. The molecule has 1 aromatic carbocycles. The normalized spacial score (nSPS) is 20.4. The van der Waals surface area contributed by atoms with Crippen molar-refractivity contribution in [2.24, 2.45) is 5.41 Å². The second-order valence-electron chi connectivity index (χ2n) is 6.17. The molecular formula is C15H19N3O2S. The Bertz CT molecular complexity index is 800. The van der Waals surface area contributed by atoms with E-state index in [0.29, 0.717) is 0 Å². The van der Waals surface area contributed by atoms with Gasteiger partial charge >= 0.3 is 0 Å². The zero-order valence-electron chi connectivity index (χ0n) is 12.3. The van der Waals surface area contributed by atoms with Gasteiger partial charge in [-0.3, -0.25) is 0 Å². The number of aromatic nitrogens is 1. The first-order chi connectivity index (χ1) is 9.82. The van der Waals surface area contributed by atoms with Crippen LogP contribution in [-0.4, -0.2) is 26.5 Å². The fraction of sp³-hybridized carbons (Fsp3) is 0.400. The van der Waals surface area contributed by atoms with Gasteiger partial charge in [0.05, 0.1) is 10.4 Å². The average molecular weight is 305 g/mol. The quantitative estimate of drug-likeness (QED) is 0.909. The van der Waals surface area contributed by atoms with Crippen molar-refractivity contribution in [2.45, 2.75) is 31.2 Å². The molecule has 1 aliphatic rings. The molecule has 0 aliphatic heterocycles. The fourth-order valence-electron chi connectivity index (χ4n) is 2.33. The largest absolute Gasteiger partial charge is 0.373 e. The lowest BCUT2D eigenvalue weighted by Gasteiger charge is -2.09. The molecule has 0 amide bonds. The van der Waals surface area contributed by atoms with Crippen LogP contribution in [0.2, 0.25) is 0 Å². The third kappa shape index (κ3) is 2.73. The Labute approximate surface area is 124 Å². The second-order valence-corrected chi connectivity index (χ2v) is 7.88. The van der Waals surface area contributed by atoms with E-state index in [4.69, 9.17) is 0 Å². The highest BCUT2D eigenvalue weighted by molar-refractivity contribution is 7.89. The van der Waals surface area contributed by atoms with Crippen molar-refractivity contribution in [2.75, 3.05) is 12.4 Å². The lowest BCUT2D eigenvalue weighted by atomic mass is 10.2. The van der Waals surface area contributed by atoms with E-state index in [9.17, 15) is 8.42 Å². The Morgan fingerprint density at radius 1 is 1.24 bits per heavy atom. The molecule has 2 N–H and O–H groups in total. The van der Waals surface area contributed by atoms with Crippen molar-refractivity contribution in [1.82, 2.24) is 9.71 Å². The highest BCUT2D eigenvalue weighted by Gasteiger charge is 2.47. The summed E-state index contributed by atoms with van der Waals surface area (Å²) in [6, 6.07) is 8.74. The van der Waals surface area contributed by atoms with Gasteiger partial charge in [0.2, 0.25) is 10.0 Å². The van der Waals surface area contributed by atoms with Gasteiger partial charge in [-0.1, -0.05) is 13.8 Å².